The van der Waals surface area contributed by atoms with Gasteiger partial charge in [-0.05, 0) is 85.8 Å². The molecule has 1 heteroatoms. The Morgan fingerprint density at radius 3 is 2.74 bits per heavy atom. The number of rotatable bonds is 2. The van der Waals surface area contributed by atoms with Gasteiger partial charge < -0.3 is 4.90 Å². The summed E-state index contributed by atoms with van der Waals surface area (Å²) in [6, 6.07) is 16.2. The van der Waals surface area contributed by atoms with Crippen molar-refractivity contribution >= 4 is 11.4 Å². The molecule has 1 aliphatic heterocycles. The van der Waals surface area contributed by atoms with E-state index in [4.69, 9.17) is 0 Å². The van der Waals surface area contributed by atoms with Gasteiger partial charge >= 0.3 is 0 Å². The van der Waals surface area contributed by atoms with Gasteiger partial charge in [-0.1, -0.05) is 31.2 Å². The summed E-state index contributed by atoms with van der Waals surface area (Å²) in [4.78, 5) is 2.55. The van der Waals surface area contributed by atoms with E-state index in [-0.39, 0.29) is 0 Å². The van der Waals surface area contributed by atoms with Gasteiger partial charge in [-0.3, -0.25) is 0 Å². The summed E-state index contributed by atoms with van der Waals surface area (Å²) in [6.07, 6.45) is 9.06. The molecule has 0 saturated heterocycles. The van der Waals surface area contributed by atoms with E-state index in [0.717, 1.165) is 12.5 Å². The van der Waals surface area contributed by atoms with Gasteiger partial charge in [0, 0.05) is 17.9 Å². The van der Waals surface area contributed by atoms with Gasteiger partial charge in [0.25, 0.3) is 0 Å². The second-order valence-corrected chi connectivity index (χ2v) is 7.12. The molecule has 1 nitrogen and oxygen atoms in total. The molecular formula is C22H27N. The first-order valence-corrected chi connectivity index (χ1v) is 9.35. The van der Waals surface area contributed by atoms with E-state index in [0.29, 0.717) is 0 Å². The van der Waals surface area contributed by atoms with Crippen LogP contribution in [-0.4, -0.2) is 6.54 Å². The highest BCUT2D eigenvalue weighted by atomic mass is 15.1. The highest BCUT2D eigenvalue weighted by Crippen LogP contribution is 2.38. The van der Waals surface area contributed by atoms with Crippen LogP contribution in [0.5, 0.6) is 0 Å². The fourth-order valence-corrected chi connectivity index (χ4v) is 4.45. The van der Waals surface area contributed by atoms with Crippen LogP contribution in [0.1, 0.15) is 61.6 Å². The third kappa shape index (κ3) is 2.78. The smallest absolute Gasteiger partial charge is 0.0443 e. The average molecular weight is 305 g/mol. The first-order chi connectivity index (χ1) is 11.4. The second kappa shape index (κ2) is 6.39. The summed E-state index contributed by atoms with van der Waals surface area (Å²) < 4.78 is 0. The van der Waals surface area contributed by atoms with Crippen molar-refractivity contribution in [1.82, 2.24) is 0 Å². The molecule has 0 fully saturated rings. The van der Waals surface area contributed by atoms with Gasteiger partial charge in [-0.25, -0.2) is 0 Å². The molecule has 1 aliphatic carbocycles. The molecule has 0 radical (unpaired) electrons. The normalized spacial score (nSPS) is 20.6. The number of hydrogen-bond acceptors (Lipinski definition) is 1. The first kappa shape index (κ1) is 14.8. The highest BCUT2D eigenvalue weighted by molar-refractivity contribution is 5.68. The predicted molar refractivity (Wildman–Crippen MR) is 98.8 cm³/mol. The van der Waals surface area contributed by atoms with Crippen LogP contribution >= 0.6 is 0 Å². The Labute approximate surface area is 140 Å². The van der Waals surface area contributed by atoms with Crippen molar-refractivity contribution < 1.29 is 0 Å². The summed E-state index contributed by atoms with van der Waals surface area (Å²) in [5.41, 5.74) is 7.55. The van der Waals surface area contributed by atoms with E-state index >= 15 is 0 Å². The van der Waals surface area contributed by atoms with Crippen molar-refractivity contribution in [3.63, 3.8) is 0 Å². The van der Waals surface area contributed by atoms with Gasteiger partial charge in [0.2, 0.25) is 0 Å². The van der Waals surface area contributed by atoms with Crippen LogP contribution in [0.25, 0.3) is 0 Å². The molecule has 2 aromatic rings. The van der Waals surface area contributed by atoms with Crippen molar-refractivity contribution in [3.05, 3.63) is 59.2 Å². The van der Waals surface area contributed by atoms with Crippen LogP contribution in [-0.2, 0) is 12.8 Å². The number of para-hydroxylation sites is 1. The quantitative estimate of drug-likeness (QED) is 0.658. The minimum absolute atomic E-state index is 0.782. The van der Waals surface area contributed by atoms with Gasteiger partial charge in [0.05, 0.1) is 0 Å². The predicted octanol–water partition coefficient (Wildman–Crippen LogP) is 5.99. The number of anilines is 2. The van der Waals surface area contributed by atoms with Gasteiger partial charge in [0.1, 0.15) is 0 Å². The third-order valence-electron chi connectivity index (χ3n) is 5.73. The van der Waals surface area contributed by atoms with Crippen molar-refractivity contribution in [2.24, 2.45) is 0 Å². The molecule has 0 saturated carbocycles. The van der Waals surface area contributed by atoms with Crippen molar-refractivity contribution in [2.75, 3.05) is 11.4 Å². The standard InChI is InChI=1S/C22H27N/c1-2-17-10-7-11-19-16-20(13-14-21(17)19)23-15-6-5-9-18-8-3-4-12-22(18)23/h3-4,8,12-14,16-17H,2,5-7,9-11,15H2,1H3/t17-/m1/s1. The molecule has 0 spiro atoms. The fourth-order valence-electron chi connectivity index (χ4n) is 4.45. The summed E-state index contributed by atoms with van der Waals surface area (Å²) in [7, 11) is 0. The van der Waals surface area contributed by atoms with Crippen LogP contribution in [0.4, 0.5) is 11.4 Å². The molecule has 0 aromatic heterocycles. The summed E-state index contributed by atoms with van der Waals surface area (Å²) >= 11 is 0. The van der Waals surface area contributed by atoms with Crippen LogP contribution < -0.4 is 4.90 Å². The minimum Gasteiger partial charge on any atom is -0.341 e. The van der Waals surface area contributed by atoms with E-state index in [1.807, 2.05) is 0 Å². The molecule has 2 aliphatic rings. The maximum absolute atomic E-state index is 2.55. The van der Waals surface area contributed by atoms with Crippen LogP contribution in [0.3, 0.4) is 0 Å². The lowest BCUT2D eigenvalue weighted by atomic mass is 9.81. The minimum atomic E-state index is 0.782. The molecule has 0 unspecified atom stereocenters. The Balaban J connectivity index is 1.74. The van der Waals surface area contributed by atoms with Gasteiger partial charge in [-0.2, -0.15) is 0 Å². The van der Waals surface area contributed by atoms with Crippen molar-refractivity contribution in [1.29, 1.82) is 0 Å². The zero-order valence-corrected chi connectivity index (χ0v) is 14.2. The summed E-state index contributed by atoms with van der Waals surface area (Å²) in [5, 5.41) is 0. The van der Waals surface area contributed by atoms with Crippen molar-refractivity contribution in [2.45, 2.75) is 57.8 Å². The van der Waals surface area contributed by atoms with Crippen LogP contribution in [0.2, 0.25) is 0 Å². The molecule has 0 bridgehead atoms. The Bertz CT molecular complexity index is 688. The Hall–Kier alpha value is -1.76. The molecular weight excluding hydrogens is 278 g/mol. The summed E-state index contributed by atoms with van der Waals surface area (Å²) in [6.45, 7) is 3.48. The lowest BCUT2D eigenvalue weighted by Gasteiger charge is -2.29. The molecule has 4 rings (SSSR count). The van der Waals surface area contributed by atoms with E-state index in [9.17, 15) is 0 Å². The molecule has 0 N–H and O–H groups in total. The topological polar surface area (TPSA) is 3.24 Å². The van der Waals surface area contributed by atoms with E-state index in [2.05, 4.69) is 54.3 Å². The largest absolute Gasteiger partial charge is 0.341 e. The number of hydrogen-bond donors (Lipinski definition) is 0. The van der Waals surface area contributed by atoms with Crippen LogP contribution in [0, 0.1) is 0 Å². The number of benzene rings is 2. The lowest BCUT2D eigenvalue weighted by Crippen LogP contribution is -2.19. The maximum Gasteiger partial charge on any atom is 0.0443 e. The SMILES string of the molecule is CC[C@@H]1CCCc2cc(N3CCCCc4ccccc43)ccc21. The zero-order valence-electron chi connectivity index (χ0n) is 14.2. The molecule has 1 heterocycles. The monoisotopic (exact) mass is 305 g/mol. The fraction of sp³-hybridized carbons (Fsp3) is 0.455. The molecule has 1 atom stereocenters. The lowest BCUT2D eigenvalue weighted by molar-refractivity contribution is 0.540. The Morgan fingerprint density at radius 1 is 0.957 bits per heavy atom. The molecule has 120 valence electrons. The van der Waals surface area contributed by atoms with Crippen LogP contribution in [0.15, 0.2) is 42.5 Å². The number of aryl methyl sites for hydroxylation is 2. The average Bonchev–Trinajstić information content (AvgIpc) is 2.83. The maximum atomic E-state index is 2.55. The van der Waals surface area contributed by atoms with E-state index in [1.165, 1.54) is 61.9 Å². The second-order valence-electron chi connectivity index (χ2n) is 7.12. The Kier molecular flexibility index (Phi) is 4.11. The van der Waals surface area contributed by atoms with E-state index < -0.39 is 0 Å². The highest BCUT2D eigenvalue weighted by Gasteiger charge is 2.21. The molecule has 0 amide bonds. The molecule has 2 aromatic carbocycles. The van der Waals surface area contributed by atoms with E-state index in [1.54, 1.807) is 11.1 Å². The number of nitrogens with zero attached hydrogens (tertiary/aromatic N) is 1. The zero-order chi connectivity index (χ0) is 15.6. The summed E-state index contributed by atoms with van der Waals surface area (Å²) in [5.74, 6) is 0.782. The van der Waals surface area contributed by atoms with Gasteiger partial charge in [0.15, 0.2) is 0 Å². The first-order valence-electron chi connectivity index (χ1n) is 9.35. The third-order valence-corrected chi connectivity index (χ3v) is 5.73. The number of fused-ring (bicyclic) bond motifs is 2. The Morgan fingerprint density at radius 2 is 1.83 bits per heavy atom. The van der Waals surface area contributed by atoms with Gasteiger partial charge in [-0.15, -0.1) is 0 Å². The van der Waals surface area contributed by atoms with Crippen molar-refractivity contribution in [3.8, 4) is 0 Å². The molecule has 23 heavy (non-hydrogen) atoms.